The number of aromatic nitrogens is 1. The molecule has 3 N–H and O–H groups in total. The van der Waals surface area contributed by atoms with Crippen molar-refractivity contribution in [3.63, 3.8) is 0 Å². The quantitative estimate of drug-likeness (QED) is 0.210. The molecule has 6 rings (SSSR count). The lowest BCUT2D eigenvalue weighted by Crippen LogP contribution is -2.48. The molecule has 0 bridgehead atoms. The predicted molar refractivity (Wildman–Crippen MR) is 187 cm³/mol. The normalized spacial score (nSPS) is 16.5. The average Bonchev–Trinajstić information content (AvgIpc) is 3.31. The van der Waals surface area contributed by atoms with Gasteiger partial charge in [-0.1, -0.05) is 44.5 Å². The third-order valence-electron chi connectivity index (χ3n) is 9.90. The number of rotatable bonds is 9. The number of anilines is 1. The van der Waals surface area contributed by atoms with Crippen LogP contribution in [-0.4, -0.2) is 55.6 Å². The van der Waals surface area contributed by atoms with Gasteiger partial charge in [0, 0.05) is 54.2 Å². The summed E-state index contributed by atoms with van der Waals surface area (Å²) in [6, 6.07) is 14.3. The van der Waals surface area contributed by atoms with Crippen molar-refractivity contribution in [1.29, 1.82) is 0 Å². The van der Waals surface area contributed by atoms with Gasteiger partial charge in [0.1, 0.15) is 6.04 Å². The van der Waals surface area contributed by atoms with E-state index in [1.54, 1.807) is 33.5 Å². The van der Waals surface area contributed by atoms with E-state index < -0.39 is 12.1 Å². The third kappa shape index (κ3) is 5.95. The fraction of sp³-hybridized carbons (Fsp3) is 0.395. The summed E-state index contributed by atoms with van der Waals surface area (Å²) in [6.45, 7) is 6.66. The van der Waals surface area contributed by atoms with Gasteiger partial charge >= 0.3 is 0 Å². The Kier molecular flexibility index (Phi) is 9.35. The van der Waals surface area contributed by atoms with Crippen molar-refractivity contribution >= 4 is 28.4 Å². The summed E-state index contributed by atoms with van der Waals surface area (Å²) in [4.78, 5) is 46.1. The van der Waals surface area contributed by atoms with Gasteiger partial charge in [-0.25, -0.2) is 0 Å². The molecule has 3 unspecified atom stereocenters. The maximum atomic E-state index is 14.3. The number of aryl methyl sites for hydroxylation is 1. The second-order valence-corrected chi connectivity index (χ2v) is 12.7. The maximum absolute atomic E-state index is 14.3. The Hall–Kier alpha value is -4.99. The van der Waals surface area contributed by atoms with Crippen molar-refractivity contribution in [3.05, 3.63) is 81.1 Å². The highest BCUT2D eigenvalue weighted by Gasteiger charge is 2.33. The third-order valence-corrected chi connectivity index (χ3v) is 9.90. The Morgan fingerprint density at radius 3 is 2.50 bits per heavy atom. The molecule has 4 aromatic rings. The molecule has 1 aliphatic heterocycles. The number of methoxy groups -OCH3 is 3. The zero-order valence-electron chi connectivity index (χ0n) is 28.5. The van der Waals surface area contributed by atoms with Crippen molar-refractivity contribution in [1.82, 2.24) is 15.2 Å². The summed E-state index contributed by atoms with van der Waals surface area (Å²) < 4.78 is 17.3. The molecule has 0 fully saturated rings. The Labute approximate surface area is 280 Å². The molecule has 10 heteroatoms. The van der Waals surface area contributed by atoms with Gasteiger partial charge in [-0.2, -0.15) is 0 Å². The lowest BCUT2D eigenvalue weighted by Gasteiger charge is -2.33. The van der Waals surface area contributed by atoms with Gasteiger partial charge in [0.15, 0.2) is 11.5 Å². The molecule has 2 aliphatic rings. The fourth-order valence-corrected chi connectivity index (χ4v) is 7.23. The predicted octanol–water partition coefficient (Wildman–Crippen LogP) is 5.76. The molecule has 252 valence electrons. The number of H-pyrrole nitrogens is 1. The molecule has 2 heterocycles. The number of aromatic amines is 1. The number of hydrogen-bond donors (Lipinski definition) is 3. The number of para-hydroxylation sites is 1. The number of fused-ring (bicyclic) bond motifs is 6. The zero-order valence-corrected chi connectivity index (χ0v) is 28.5. The van der Waals surface area contributed by atoms with E-state index in [9.17, 15) is 14.4 Å². The van der Waals surface area contributed by atoms with Gasteiger partial charge in [-0.3, -0.25) is 14.4 Å². The molecule has 1 aliphatic carbocycles. The highest BCUT2D eigenvalue weighted by Crippen LogP contribution is 2.50. The Morgan fingerprint density at radius 1 is 1.02 bits per heavy atom. The Bertz CT molecular complexity index is 1940. The smallest absolute Gasteiger partial charge is 0.245 e. The van der Waals surface area contributed by atoms with E-state index in [-0.39, 0.29) is 23.2 Å². The lowest BCUT2D eigenvalue weighted by molar-refractivity contribution is -0.134. The summed E-state index contributed by atoms with van der Waals surface area (Å²) in [5, 5.41) is 7.57. The van der Waals surface area contributed by atoms with E-state index in [4.69, 9.17) is 14.2 Å². The minimum Gasteiger partial charge on any atom is -0.493 e. The van der Waals surface area contributed by atoms with Crippen LogP contribution in [0.3, 0.4) is 0 Å². The fourth-order valence-electron chi connectivity index (χ4n) is 7.23. The minimum absolute atomic E-state index is 0.0345. The van der Waals surface area contributed by atoms with Gasteiger partial charge in [0.25, 0.3) is 0 Å². The van der Waals surface area contributed by atoms with Crippen LogP contribution in [0.2, 0.25) is 0 Å². The van der Waals surface area contributed by atoms with Crippen LogP contribution in [0.4, 0.5) is 5.69 Å². The van der Waals surface area contributed by atoms with Gasteiger partial charge in [0.2, 0.25) is 23.0 Å². The van der Waals surface area contributed by atoms with E-state index in [1.165, 1.54) is 12.6 Å². The van der Waals surface area contributed by atoms with Gasteiger partial charge < -0.3 is 34.7 Å². The summed E-state index contributed by atoms with van der Waals surface area (Å²) in [5.41, 5.74) is 6.56. The van der Waals surface area contributed by atoms with Crippen LogP contribution in [0.15, 0.2) is 53.3 Å². The molecule has 0 spiro atoms. The number of carbonyl (C=O) groups is 2. The molecular formula is C38H44N4O6. The van der Waals surface area contributed by atoms with Crippen LogP contribution < -0.4 is 30.3 Å². The Balaban J connectivity index is 1.42. The van der Waals surface area contributed by atoms with E-state index in [0.29, 0.717) is 54.4 Å². The average molecular weight is 653 g/mol. The zero-order chi connectivity index (χ0) is 34.1. The highest BCUT2D eigenvalue weighted by atomic mass is 16.5. The van der Waals surface area contributed by atoms with Crippen molar-refractivity contribution in [3.8, 4) is 28.4 Å². The topological polar surface area (TPSA) is 122 Å². The van der Waals surface area contributed by atoms with E-state index >= 15 is 0 Å². The van der Waals surface area contributed by atoms with Crippen LogP contribution in [0.5, 0.6) is 17.2 Å². The van der Waals surface area contributed by atoms with E-state index in [1.807, 2.05) is 36.1 Å². The second kappa shape index (κ2) is 13.6. The molecule has 1 aromatic heterocycles. The Morgan fingerprint density at radius 2 is 1.79 bits per heavy atom. The molecule has 0 saturated carbocycles. The first kappa shape index (κ1) is 32.9. The first-order valence-corrected chi connectivity index (χ1v) is 16.6. The van der Waals surface area contributed by atoms with E-state index in [2.05, 4.69) is 34.7 Å². The second-order valence-electron chi connectivity index (χ2n) is 12.7. The van der Waals surface area contributed by atoms with Crippen LogP contribution in [-0.2, 0) is 29.0 Å². The SMILES string of the molecule is CCC(C)C(Nc1ccc2c(cc1=O)C(NC(C)=O)CCc1cc(OC)c(OC)c(OC)c1-2)C(=O)N1CCc2[nH]c3ccccc3c2C1. The number of amides is 2. The standard InChI is InChI=1S/C38H44N4O6/c1-7-21(2)35(38(45)42-17-16-30-27(20-42)24-10-8-9-11-28(24)40-30)41-31-15-13-25-26(19-32(31)44)29(39-22(3)43)14-12-23-18-33(46-4)36(47-5)37(48-6)34(23)25/h8-11,13,15,18-19,21,29,35,40H,7,12,14,16-17,20H2,1-6H3,(H,39,43)(H,41,44). The van der Waals surface area contributed by atoms with Crippen LogP contribution in [0.25, 0.3) is 22.0 Å². The lowest BCUT2D eigenvalue weighted by atomic mass is 9.95. The molecular weight excluding hydrogens is 608 g/mol. The highest BCUT2D eigenvalue weighted by molar-refractivity contribution is 5.89. The van der Waals surface area contributed by atoms with Gasteiger partial charge in [-0.05, 0) is 59.7 Å². The number of ether oxygens (including phenoxy) is 3. The molecule has 0 saturated heterocycles. The summed E-state index contributed by atoms with van der Waals surface area (Å²) in [5.74, 6) is 1.18. The number of nitrogens with zero attached hydrogens (tertiary/aromatic N) is 1. The first-order valence-electron chi connectivity index (χ1n) is 16.6. The largest absolute Gasteiger partial charge is 0.493 e. The molecule has 0 radical (unpaired) electrons. The molecule has 2 amide bonds. The number of nitrogens with one attached hydrogen (secondary N) is 3. The van der Waals surface area contributed by atoms with Crippen molar-refractivity contribution in [2.75, 3.05) is 33.2 Å². The van der Waals surface area contributed by atoms with Crippen LogP contribution >= 0.6 is 0 Å². The first-order chi connectivity index (χ1) is 23.2. The number of benzene rings is 2. The van der Waals surface area contributed by atoms with Crippen molar-refractivity contribution in [2.24, 2.45) is 5.92 Å². The number of carbonyl (C=O) groups excluding carboxylic acids is 2. The minimum atomic E-state index is -0.617. The van der Waals surface area contributed by atoms with Gasteiger partial charge in [-0.15, -0.1) is 0 Å². The molecule has 3 atom stereocenters. The van der Waals surface area contributed by atoms with Crippen LogP contribution in [0, 0.1) is 5.92 Å². The number of hydrogen-bond acceptors (Lipinski definition) is 7. The van der Waals surface area contributed by atoms with Gasteiger partial charge in [0.05, 0.1) is 33.1 Å². The summed E-state index contributed by atoms with van der Waals surface area (Å²) in [7, 11) is 4.71. The maximum Gasteiger partial charge on any atom is 0.245 e. The van der Waals surface area contributed by atoms with Crippen LogP contribution in [0.1, 0.15) is 62.0 Å². The summed E-state index contributed by atoms with van der Waals surface area (Å²) in [6.07, 6.45) is 2.65. The van der Waals surface area contributed by atoms with Crippen molar-refractivity contribution < 1.29 is 23.8 Å². The molecule has 3 aromatic carbocycles. The molecule has 48 heavy (non-hydrogen) atoms. The molecule has 10 nitrogen and oxygen atoms in total. The van der Waals surface area contributed by atoms with E-state index in [0.717, 1.165) is 46.0 Å². The monoisotopic (exact) mass is 652 g/mol. The van der Waals surface area contributed by atoms with Crippen molar-refractivity contribution in [2.45, 2.75) is 65.1 Å². The summed E-state index contributed by atoms with van der Waals surface area (Å²) >= 11 is 0.